The van der Waals surface area contributed by atoms with E-state index in [1.165, 1.54) is 6.07 Å². The smallest absolute Gasteiger partial charge is 0.244 e. The quantitative estimate of drug-likeness (QED) is 0.876. The number of sulfonamides is 1. The third kappa shape index (κ3) is 4.46. The molecular formula is C14H20F2N2O2S. The number of rotatable bonds is 5. The topological polar surface area (TPSA) is 58.2 Å². The molecule has 7 heteroatoms. The van der Waals surface area contributed by atoms with Crippen molar-refractivity contribution < 1.29 is 17.2 Å². The summed E-state index contributed by atoms with van der Waals surface area (Å²) in [5.74, 6) is -2.50. The second-order valence-corrected chi connectivity index (χ2v) is 8.05. The highest BCUT2D eigenvalue weighted by atomic mass is 32.2. The summed E-state index contributed by atoms with van der Waals surface area (Å²) >= 11 is 0. The third-order valence-corrected chi connectivity index (χ3v) is 4.71. The summed E-state index contributed by atoms with van der Waals surface area (Å²) in [6.45, 7) is 5.23. The number of hydrogen-bond acceptors (Lipinski definition) is 3. The van der Waals surface area contributed by atoms with Crippen LogP contribution in [-0.2, 0) is 16.6 Å². The normalized spacial score (nSPS) is 16.2. The van der Waals surface area contributed by atoms with Gasteiger partial charge in [-0.25, -0.2) is 21.9 Å². The van der Waals surface area contributed by atoms with Crippen LogP contribution in [-0.4, -0.2) is 20.0 Å². The van der Waals surface area contributed by atoms with E-state index in [1.807, 2.05) is 0 Å². The predicted octanol–water partition coefficient (Wildman–Crippen LogP) is 2.29. The highest BCUT2D eigenvalue weighted by molar-refractivity contribution is 7.89. The maximum Gasteiger partial charge on any atom is 0.244 e. The van der Waals surface area contributed by atoms with E-state index >= 15 is 0 Å². The largest absolute Gasteiger partial charge is 0.310 e. The lowest BCUT2D eigenvalue weighted by Gasteiger charge is -2.21. The van der Waals surface area contributed by atoms with Gasteiger partial charge in [-0.1, -0.05) is 0 Å². The van der Waals surface area contributed by atoms with Gasteiger partial charge in [0.05, 0.1) is 0 Å². The highest BCUT2D eigenvalue weighted by Crippen LogP contribution is 2.23. The molecule has 0 saturated heterocycles. The molecule has 1 aromatic carbocycles. The summed E-state index contributed by atoms with van der Waals surface area (Å²) in [7, 11) is -4.11. The summed E-state index contributed by atoms with van der Waals surface area (Å²) < 4.78 is 54.2. The van der Waals surface area contributed by atoms with Gasteiger partial charge in [-0.05, 0) is 51.3 Å². The van der Waals surface area contributed by atoms with Crippen molar-refractivity contribution >= 4 is 10.0 Å². The Balaban J connectivity index is 2.32. The lowest BCUT2D eigenvalue weighted by molar-refractivity contribution is 0.466. The molecule has 1 aromatic rings. The first-order valence-corrected chi connectivity index (χ1v) is 8.32. The van der Waals surface area contributed by atoms with E-state index in [1.54, 1.807) is 20.8 Å². The molecule has 1 saturated carbocycles. The fourth-order valence-corrected chi connectivity index (χ4v) is 3.48. The molecule has 0 heterocycles. The van der Waals surface area contributed by atoms with Gasteiger partial charge in [-0.15, -0.1) is 0 Å². The highest BCUT2D eigenvalue weighted by Gasteiger charge is 2.27. The average Bonchev–Trinajstić information content (AvgIpc) is 3.11. The Bertz CT molecular complexity index is 635. The van der Waals surface area contributed by atoms with Crippen molar-refractivity contribution in [3.8, 4) is 0 Å². The molecule has 1 fully saturated rings. The van der Waals surface area contributed by atoms with Crippen LogP contribution in [0.1, 0.15) is 39.2 Å². The molecule has 21 heavy (non-hydrogen) atoms. The number of halogens is 2. The Hall–Kier alpha value is -1.05. The molecule has 0 atom stereocenters. The van der Waals surface area contributed by atoms with E-state index in [0.29, 0.717) is 18.2 Å². The van der Waals surface area contributed by atoms with Crippen LogP contribution in [0.3, 0.4) is 0 Å². The van der Waals surface area contributed by atoms with Gasteiger partial charge in [0.25, 0.3) is 0 Å². The van der Waals surface area contributed by atoms with E-state index in [2.05, 4.69) is 10.0 Å². The lowest BCUT2D eigenvalue weighted by atomic mass is 10.1. The van der Waals surface area contributed by atoms with E-state index in [4.69, 9.17) is 0 Å². The predicted molar refractivity (Wildman–Crippen MR) is 76.3 cm³/mol. The van der Waals surface area contributed by atoms with Gasteiger partial charge in [0.2, 0.25) is 10.0 Å². The van der Waals surface area contributed by atoms with Crippen molar-refractivity contribution in [2.24, 2.45) is 0 Å². The van der Waals surface area contributed by atoms with Gasteiger partial charge < -0.3 is 5.32 Å². The van der Waals surface area contributed by atoms with Gasteiger partial charge in [-0.3, -0.25) is 0 Å². The second kappa shape index (κ2) is 5.62. The van der Waals surface area contributed by atoms with Gasteiger partial charge in [0.15, 0.2) is 11.6 Å². The standard InChI is InChI=1S/C14H20F2N2O2S/c1-14(2,3)18-21(19,20)12-7-9(6-11(15)13(12)16)8-17-10-4-5-10/h6-7,10,17-18H,4-5,8H2,1-3H3. The fourth-order valence-electron chi connectivity index (χ4n) is 1.92. The minimum atomic E-state index is -4.11. The van der Waals surface area contributed by atoms with Crippen LogP contribution in [0.2, 0.25) is 0 Å². The van der Waals surface area contributed by atoms with E-state index in [9.17, 15) is 17.2 Å². The van der Waals surface area contributed by atoms with Crippen LogP contribution in [0.25, 0.3) is 0 Å². The van der Waals surface area contributed by atoms with Crippen LogP contribution >= 0.6 is 0 Å². The molecule has 4 nitrogen and oxygen atoms in total. The summed E-state index contributed by atoms with van der Waals surface area (Å²) in [5.41, 5.74) is -0.362. The molecule has 0 aliphatic heterocycles. The second-order valence-electron chi connectivity index (χ2n) is 6.40. The Kier molecular flexibility index (Phi) is 4.37. The van der Waals surface area contributed by atoms with Crippen LogP contribution in [0.5, 0.6) is 0 Å². The van der Waals surface area contributed by atoms with Crippen LogP contribution in [0.15, 0.2) is 17.0 Å². The maximum absolute atomic E-state index is 13.8. The monoisotopic (exact) mass is 318 g/mol. The third-order valence-electron chi connectivity index (χ3n) is 2.96. The summed E-state index contributed by atoms with van der Waals surface area (Å²) in [5, 5.41) is 3.14. The first-order valence-electron chi connectivity index (χ1n) is 6.84. The molecular weight excluding hydrogens is 298 g/mol. The molecule has 1 aliphatic carbocycles. The number of nitrogens with one attached hydrogen (secondary N) is 2. The summed E-state index contributed by atoms with van der Waals surface area (Å²) in [6, 6.07) is 2.61. The molecule has 2 N–H and O–H groups in total. The van der Waals surface area contributed by atoms with Crippen molar-refractivity contribution in [1.29, 1.82) is 0 Å². The molecule has 1 aliphatic rings. The molecule has 118 valence electrons. The molecule has 0 unspecified atom stereocenters. The molecule has 0 bridgehead atoms. The lowest BCUT2D eigenvalue weighted by Crippen LogP contribution is -2.41. The van der Waals surface area contributed by atoms with Crippen molar-refractivity contribution in [2.75, 3.05) is 0 Å². The zero-order valence-electron chi connectivity index (χ0n) is 12.3. The van der Waals surface area contributed by atoms with Crippen molar-refractivity contribution in [1.82, 2.24) is 10.0 Å². The summed E-state index contributed by atoms with van der Waals surface area (Å²) in [4.78, 5) is -0.648. The van der Waals surface area contributed by atoms with Gasteiger partial charge in [0, 0.05) is 18.1 Å². The van der Waals surface area contributed by atoms with Crippen LogP contribution in [0.4, 0.5) is 8.78 Å². The Labute approximate surface area is 124 Å². The molecule has 0 spiro atoms. The van der Waals surface area contributed by atoms with E-state index in [-0.39, 0.29) is 0 Å². The SMILES string of the molecule is CC(C)(C)NS(=O)(=O)c1cc(CNC2CC2)cc(F)c1F. The number of benzene rings is 1. The van der Waals surface area contributed by atoms with Crippen molar-refractivity contribution in [2.45, 2.75) is 56.6 Å². The Morgan fingerprint density at radius 3 is 2.38 bits per heavy atom. The van der Waals surface area contributed by atoms with Gasteiger partial charge in [-0.2, -0.15) is 0 Å². The Morgan fingerprint density at radius 1 is 1.24 bits per heavy atom. The zero-order valence-corrected chi connectivity index (χ0v) is 13.2. The molecule has 0 amide bonds. The van der Waals surface area contributed by atoms with Crippen molar-refractivity contribution in [3.05, 3.63) is 29.3 Å². The average molecular weight is 318 g/mol. The Morgan fingerprint density at radius 2 is 1.86 bits per heavy atom. The van der Waals surface area contributed by atoms with E-state index in [0.717, 1.165) is 18.9 Å². The maximum atomic E-state index is 13.8. The van der Waals surface area contributed by atoms with Crippen LogP contribution in [0, 0.1) is 11.6 Å². The first-order chi connectivity index (χ1) is 9.58. The fraction of sp³-hybridized carbons (Fsp3) is 0.571. The van der Waals surface area contributed by atoms with Crippen molar-refractivity contribution in [3.63, 3.8) is 0 Å². The molecule has 2 rings (SSSR count). The van der Waals surface area contributed by atoms with Gasteiger partial charge in [0.1, 0.15) is 4.90 Å². The molecule has 0 radical (unpaired) electrons. The summed E-state index contributed by atoms with van der Waals surface area (Å²) in [6.07, 6.45) is 2.11. The molecule has 0 aromatic heterocycles. The minimum absolute atomic E-state index is 0.319. The first kappa shape index (κ1) is 16.3. The van der Waals surface area contributed by atoms with Gasteiger partial charge >= 0.3 is 0 Å². The number of hydrogen-bond donors (Lipinski definition) is 2. The zero-order chi connectivity index (χ0) is 15.8. The van der Waals surface area contributed by atoms with Crippen LogP contribution < -0.4 is 10.0 Å². The van der Waals surface area contributed by atoms with E-state index < -0.39 is 32.1 Å². The minimum Gasteiger partial charge on any atom is -0.310 e.